The molecule has 0 atom stereocenters. The van der Waals surface area contributed by atoms with E-state index >= 15 is 0 Å². The molecule has 3 aromatic heterocycles. The van der Waals surface area contributed by atoms with Crippen molar-refractivity contribution in [3.63, 3.8) is 0 Å². The SMILES string of the molecule is CCc1nc(-c2ccnc3[nH]ccc23)cs1. The molecule has 16 heavy (non-hydrogen) atoms. The molecule has 0 bridgehead atoms. The Morgan fingerprint density at radius 3 is 3.12 bits per heavy atom. The molecule has 0 unspecified atom stereocenters. The zero-order valence-corrected chi connectivity index (χ0v) is 9.71. The lowest BCUT2D eigenvalue weighted by Crippen LogP contribution is -1.83. The van der Waals surface area contributed by atoms with E-state index in [2.05, 4.69) is 27.3 Å². The molecule has 3 aromatic rings. The number of thiazole rings is 1. The number of nitrogens with zero attached hydrogens (tertiary/aromatic N) is 2. The molecule has 1 N–H and O–H groups in total. The minimum atomic E-state index is 0.920. The Labute approximate surface area is 97.2 Å². The predicted octanol–water partition coefficient (Wildman–Crippen LogP) is 3.25. The Morgan fingerprint density at radius 1 is 1.38 bits per heavy atom. The molecular formula is C12H11N3S. The van der Waals surface area contributed by atoms with Gasteiger partial charge in [-0.2, -0.15) is 0 Å². The fraction of sp³-hybridized carbons (Fsp3) is 0.167. The summed E-state index contributed by atoms with van der Waals surface area (Å²) in [5, 5.41) is 4.42. The zero-order valence-electron chi connectivity index (χ0n) is 8.90. The van der Waals surface area contributed by atoms with Gasteiger partial charge in [0.2, 0.25) is 0 Å². The molecule has 0 radical (unpaired) electrons. The largest absolute Gasteiger partial charge is 0.346 e. The Balaban J connectivity index is 2.21. The van der Waals surface area contributed by atoms with Crippen LogP contribution in [0.3, 0.4) is 0 Å². The van der Waals surface area contributed by atoms with Gasteiger partial charge in [0.1, 0.15) is 5.65 Å². The van der Waals surface area contributed by atoms with E-state index in [0.29, 0.717) is 0 Å². The monoisotopic (exact) mass is 229 g/mol. The first-order valence-electron chi connectivity index (χ1n) is 5.25. The average molecular weight is 229 g/mol. The molecule has 3 heterocycles. The third kappa shape index (κ3) is 1.42. The summed E-state index contributed by atoms with van der Waals surface area (Å²) in [4.78, 5) is 12.0. The number of aryl methyl sites for hydroxylation is 1. The van der Waals surface area contributed by atoms with Crippen LogP contribution in [0.1, 0.15) is 11.9 Å². The van der Waals surface area contributed by atoms with E-state index in [0.717, 1.165) is 28.7 Å². The molecule has 80 valence electrons. The summed E-state index contributed by atoms with van der Waals surface area (Å²) in [7, 11) is 0. The van der Waals surface area contributed by atoms with Crippen LogP contribution in [-0.4, -0.2) is 15.0 Å². The lowest BCUT2D eigenvalue weighted by atomic mass is 10.1. The third-order valence-corrected chi connectivity index (χ3v) is 3.58. The van der Waals surface area contributed by atoms with Crippen molar-refractivity contribution in [2.24, 2.45) is 0 Å². The molecule has 0 amide bonds. The first-order chi connectivity index (χ1) is 7.88. The number of hydrogen-bond donors (Lipinski definition) is 1. The molecule has 0 fully saturated rings. The van der Waals surface area contributed by atoms with Gasteiger partial charge in [0, 0.05) is 28.7 Å². The molecule has 3 rings (SSSR count). The normalized spacial score (nSPS) is 11.1. The van der Waals surface area contributed by atoms with Gasteiger partial charge < -0.3 is 4.98 Å². The molecule has 0 saturated carbocycles. The number of fused-ring (bicyclic) bond motifs is 1. The van der Waals surface area contributed by atoms with Crippen molar-refractivity contribution in [3.05, 3.63) is 34.9 Å². The van der Waals surface area contributed by atoms with Crippen molar-refractivity contribution >= 4 is 22.4 Å². The molecule has 0 aliphatic heterocycles. The van der Waals surface area contributed by atoms with Crippen molar-refractivity contribution in [2.75, 3.05) is 0 Å². The smallest absolute Gasteiger partial charge is 0.137 e. The standard InChI is InChI=1S/C12H11N3S/c1-2-11-15-10(7-16-11)8-3-5-13-12-9(8)4-6-14-12/h3-7H,2H2,1H3,(H,13,14). The quantitative estimate of drug-likeness (QED) is 0.733. The maximum Gasteiger partial charge on any atom is 0.137 e. The Hall–Kier alpha value is -1.68. The lowest BCUT2D eigenvalue weighted by molar-refractivity contribution is 1.10. The number of rotatable bonds is 2. The highest BCUT2D eigenvalue weighted by atomic mass is 32.1. The van der Waals surface area contributed by atoms with E-state index in [1.807, 2.05) is 24.5 Å². The van der Waals surface area contributed by atoms with E-state index in [1.165, 1.54) is 5.01 Å². The summed E-state index contributed by atoms with van der Waals surface area (Å²) >= 11 is 1.71. The maximum absolute atomic E-state index is 4.61. The summed E-state index contributed by atoms with van der Waals surface area (Å²) in [6.07, 6.45) is 4.72. The van der Waals surface area contributed by atoms with Crippen molar-refractivity contribution in [2.45, 2.75) is 13.3 Å². The molecule has 0 aromatic carbocycles. The van der Waals surface area contributed by atoms with Crippen LogP contribution < -0.4 is 0 Å². The molecule has 3 nitrogen and oxygen atoms in total. The minimum absolute atomic E-state index is 0.920. The van der Waals surface area contributed by atoms with Gasteiger partial charge in [0.15, 0.2) is 0 Å². The fourth-order valence-electron chi connectivity index (χ4n) is 1.78. The topological polar surface area (TPSA) is 41.6 Å². The summed E-state index contributed by atoms with van der Waals surface area (Å²) in [5.41, 5.74) is 3.12. The number of H-pyrrole nitrogens is 1. The van der Waals surface area contributed by atoms with Crippen molar-refractivity contribution in [3.8, 4) is 11.3 Å². The minimum Gasteiger partial charge on any atom is -0.346 e. The first-order valence-corrected chi connectivity index (χ1v) is 6.13. The Bertz CT molecular complexity index is 624. The highest BCUT2D eigenvalue weighted by Crippen LogP contribution is 2.27. The number of pyridine rings is 1. The Kier molecular flexibility index (Phi) is 2.22. The lowest BCUT2D eigenvalue weighted by Gasteiger charge is -1.98. The first kappa shape index (κ1) is 9.54. The van der Waals surface area contributed by atoms with Gasteiger partial charge in [0.05, 0.1) is 10.7 Å². The van der Waals surface area contributed by atoms with Crippen molar-refractivity contribution in [1.82, 2.24) is 15.0 Å². The second-order valence-corrected chi connectivity index (χ2v) is 4.52. The van der Waals surface area contributed by atoms with Crippen LogP contribution in [0.2, 0.25) is 0 Å². The van der Waals surface area contributed by atoms with E-state index in [9.17, 15) is 0 Å². The average Bonchev–Trinajstić information content (AvgIpc) is 2.97. The van der Waals surface area contributed by atoms with Crippen LogP contribution in [0.15, 0.2) is 29.9 Å². The van der Waals surface area contributed by atoms with E-state index in [4.69, 9.17) is 0 Å². The summed E-state index contributed by atoms with van der Waals surface area (Å²) < 4.78 is 0. The van der Waals surface area contributed by atoms with Crippen LogP contribution in [0.4, 0.5) is 0 Å². The summed E-state index contributed by atoms with van der Waals surface area (Å²) in [6, 6.07) is 4.06. The molecule has 0 spiro atoms. The van der Waals surface area contributed by atoms with Gasteiger partial charge in [-0.15, -0.1) is 11.3 Å². The van der Waals surface area contributed by atoms with Crippen LogP contribution in [-0.2, 0) is 6.42 Å². The number of aromatic nitrogens is 3. The molecule has 0 aliphatic carbocycles. The van der Waals surface area contributed by atoms with Crippen LogP contribution in [0.5, 0.6) is 0 Å². The summed E-state index contributed by atoms with van der Waals surface area (Å²) in [6.45, 7) is 2.13. The van der Waals surface area contributed by atoms with E-state index < -0.39 is 0 Å². The fourth-order valence-corrected chi connectivity index (χ4v) is 2.53. The highest BCUT2D eigenvalue weighted by molar-refractivity contribution is 7.09. The van der Waals surface area contributed by atoms with E-state index in [1.54, 1.807) is 11.3 Å². The molecule has 0 aliphatic rings. The van der Waals surface area contributed by atoms with Crippen LogP contribution in [0, 0.1) is 0 Å². The molecular weight excluding hydrogens is 218 g/mol. The van der Waals surface area contributed by atoms with E-state index in [-0.39, 0.29) is 0 Å². The summed E-state index contributed by atoms with van der Waals surface area (Å²) in [5.74, 6) is 0. The number of aromatic amines is 1. The van der Waals surface area contributed by atoms with Gasteiger partial charge in [-0.1, -0.05) is 6.92 Å². The van der Waals surface area contributed by atoms with Gasteiger partial charge in [-0.3, -0.25) is 0 Å². The molecule has 0 saturated heterocycles. The second-order valence-electron chi connectivity index (χ2n) is 3.58. The third-order valence-electron chi connectivity index (χ3n) is 2.59. The second kappa shape index (κ2) is 3.72. The van der Waals surface area contributed by atoms with Crippen molar-refractivity contribution in [1.29, 1.82) is 0 Å². The maximum atomic E-state index is 4.61. The van der Waals surface area contributed by atoms with Crippen LogP contribution >= 0.6 is 11.3 Å². The van der Waals surface area contributed by atoms with Gasteiger partial charge in [-0.25, -0.2) is 9.97 Å². The highest BCUT2D eigenvalue weighted by Gasteiger charge is 2.08. The van der Waals surface area contributed by atoms with Gasteiger partial charge in [0.25, 0.3) is 0 Å². The predicted molar refractivity (Wildman–Crippen MR) is 66.6 cm³/mol. The molecule has 4 heteroatoms. The Morgan fingerprint density at radius 2 is 2.31 bits per heavy atom. The van der Waals surface area contributed by atoms with Gasteiger partial charge >= 0.3 is 0 Å². The van der Waals surface area contributed by atoms with Crippen LogP contribution in [0.25, 0.3) is 22.3 Å². The number of nitrogens with one attached hydrogen (secondary N) is 1. The van der Waals surface area contributed by atoms with Gasteiger partial charge in [-0.05, 0) is 18.6 Å². The van der Waals surface area contributed by atoms with Crippen molar-refractivity contribution < 1.29 is 0 Å². The zero-order chi connectivity index (χ0) is 11.0. The number of hydrogen-bond acceptors (Lipinski definition) is 3.